The lowest BCUT2D eigenvalue weighted by molar-refractivity contribution is 0.324. The normalized spacial score (nSPS) is 11.8. The molecule has 0 radical (unpaired) electrons. The second-order valence-electron chi connectivity index (χ2n) is 4.70. The number of fused-ring (bicyclic) bond motifs is 3. The van der Waals surface area contributed by atoms with Crippen LogP contribution in [0.4, 0.5) is 0 Å². The maximum Gasteiger partial charge on any atom is 0.193 e. The standard InChI is InChI=1S/C14H18N6S/c1-3-19(4-2)9-10-21-14-15-12-8-6-5-7-11(12)13-16-17-18-20(13)14/h5-8H,3-4,9-10H2,1-2H3. The summed E-state index contributed by atoms with van der Waals surface area (Å²) in [6.07, 6.45) is 0. The van der Waals surface area contributed by atoms with Gasteiger partial charge in [-0.3, -0.25) is 0 Å². The van der Waals surface area contributed by atoms with Gasteiger partial charge in [0.05, 0.1) is 5.52 Å². The van der Waals surface area contributed by atoms with Gasteiger partial charge in [-0.25, -0.2) is 4.98 Å². The molecular formula is C14H18N6S. The summed E-state index contributed by atoms with van der Waals surface area (Å²) >= 11 is 1.70. The molecule has 0 atom stereocenters. The van der Waals surface area contributed by atoms with Crippen molar-refractivity contribution in [3.05, 3.63) is 24.3 Å². The lowest BCUT2D eigenvalue weighted by Gasteiger charge is -2.17. The lowest BCUT2D eigenvalue weighted by Crippen LogP contribution is -2.25. The Morgan fingerprint density at radius 2 is 2.00 bits per heavy atom. The van der Waals surface area contributed by atoms with E-state index in [4.69, 9.17) is 0 Å². The Hall–Kier alpha value is -1.73. The summed E-state index contributed by atoms with van der Waals surface area (Å²) in [7, 11) is 0. The van der Waals surface area contributed by atoms with Crippen molar-refractivity contribution < 1.29 is 0 Å². The van der Waals surface area contributed by atoms with E-state index in [-0.39, 0.29) is 0 Å². The number of hydrogen-bond acceptors (Lipinski definition) is 6. The fourth-order valence-corrected chi connectivity index (χ4v) is 3.23. The van der Waals surface area contributed by atoms with Crippen LogP contribution in [0.1, 0.15) is 13.8 Å². The topological polar surface area (TPSA) is 59.2 Å². The molecular weight excluding hydrogens is 284 g/mol. The van der Waals surface area contributed by atoms with Crippen LogP contribution in [-0.2, 0) is 0 Å². The van der Waals surface area contributed by atoms with E-state index in [1.54, 1.807) is 16.3 Å². The Morgan fingerprint density at radius 3 is 2.81 bits per heavy atom. The summed E-state index contributed by atoms with van der Waals surface area (Å²) in [5, 5.41) is 13.8. The zero-order chi connectivity index (χ0) is 14.7. The minimum atomic E-state index is 0.769. The molecule has 2 aromatic heterocycles. The van der Waals surface area contributed by atoms with Crippen molar-refractivity contribution in [1.82, 2.24) is 29.9 Å². The first-order valence-corrected chi connectivity index (χ1v) is 8.14. The van der Waals surface area contributed by atoms with Gasteiger partial charge in [0.2, 0.25) is 0 Å². The van der Waals surface area contributed by atoms with Gasteiger partial charge in [0, 0.05) is 17.7 Å². The maximum absolute atomic E-state index is 4.69. The highest BCUT2D eigenvalue weighted by atomic mass is 32.2. The molecule has 0 fully saturated rings. The summed E-state index contributed by atoms with van der Waals surface area (Å²) in [6, 6.07) is 7.96. The molecule has 1 aromatic carbocycles. The van der Waals surface area contributed by atoms with Crippen LogP contribution in [0.5, 0.6) is 0 Å². The Morgan fingerprint density at radius 1 is 1.19 bits per heavy atom. The van der Waals surface area contributed by atoms with Crippen LogP contribution in [0.2, 0.25) is 0 Å². The number of thioether (sulfide) groups is 1. The van der Waals surface area contributed by atoms with E-state index < -0.39 is 0 Å². The summed E-state index contributed by atoms with van der Waals surface area (Å²) in [5.41, 5.74) is 1.70. The summed E-state index contributed by atoms with van der Waals surface area (Å²) in [6.45, 7) is 7.55. The number of nitrogens with zero attached hydrogens (tertiary/aromatic N) is 6. The number of aromatic nitrogens is 5. The quantitative estimate of drug-likeness (QED) is 0.513. The van der Waals surface area contributed by atoms with Gasteiger partial charge in [-0.2, -0.15) is 4.52 Å². The van der Waals surface area contributed by atoms with Crippen molar-refractivity contribution in [1.29, 1.82) is 0 Å². The molecule has 110 valence electrons. The first-order chi connectivity index (χ1) is 10.3. The molecule has 21 heavy (non-hydrogen) atoms. The van der Waals surface area contributed by atoms with E-state index in [0.717, 1.165) is 47.1 Å². The summed E-state index contributed by atoms with van der Waals surface area (Å²) in [4.78, 5) is 7.08. The van der Waals surface area contributed by atoms with Gasteiger partial charge in [-0.05, 0) is 35.6 Å². The molecule has 3 rings (SSSR count). The van der Waals surface area contributed by atoms with Gasteiger partial charge < -0.3 is 4.90 Å². The van der Waals surface area contributed by atoms with Crippen molar-refractivity contribution in [3.8, 4) is 0 Å². The molecule has 0 N–H and O–H groups in total. The number of rotatable bonds is 6. The van der Waals surface area contributed by atoms with Crippen LogP contribution in [0, 0.1) is 0 Å². The molecule has 0 bridgehead atoms. The SMILES string of the molecule is CCN(CC)CCSc1nc2ccccc2c2nnnn12. The first kappa shape index (κ1) is 14.2. The monoisotopic (exact) mass is 302 g/mol. The Kier molecular flexibility index (Phi) is 4.31. The average molecular weight is 302 g/mol. The van der Waals surface area contributed by atoms with E-state index in [0.29, 0.717) is 0 Å². The number of benzene rings is 1. The minimum absolute atomic E-state index is 0.769. The zero-order valence-corrected chi connectivity index (χ0v) is 13.0. The molecule has 6 nitrogen and oxygen atoms in total. The zero-order valence-electron chi connectivity index (χ0n) is 12.2. The van der Waals surface area contributed by atoms with Gasteiger partial charge in [-0.15, -0.1) is 5.10 Å². The third kappa shape index (κ3) is 2.84. The van der Waals surface area contributed by atoms with Crippen LogP contribution in [-0.4, -0.2) is 55.3 Å². The fourth-order valence-electron chi connectivity index (χ4n) is 2.29. The second kappa shape index (κ2) is 6.36. The molecule has 0 saturated carbocycles. The van der Waals surface area contributed by atoms with Crippen molar-refractivity contribution >= 4 is 28.3 Å². The van der Waals surface area contributed by atoms with E-state index in [9.17, 15) is 0 Å². The summed E-state index contributed by atoms with van der Waals surface area (Å²) < 4.78 is 1.73. The molecule has 0 unspecified atom stereocenters. The molecule has 0 aliphatic heterocycles. The van der Waals surface area contributed by atoms with Crippen molar-refractivity contribution in [3.63, 3.8) is 0 Å². The van der Waals surface area contributed by atoms with Gasteiger partial charge in [0.1, 0.15) is 0 Å². The Labute approximate surface area is 127 Å². The number of hydrogen-bond donors (Lipinski definition) is 0. The lowest BCUT2D eigenvalue weighted by atomic mass is 10.2. The highest BCUT2D eigenvalue weighted by Crippen LogP contribution is 2.22. The second-order valence-corrected chi connectivity index (χ2v) is 5.76. The number of tetrazole rings is 1. The third-order valence-corrected chi connectivity index (χ3v) is 4.45. The largest absolute Gasteiger partial charge is 0.303 e. The molecule has 3 aromatic rings. The highest BCUT2D eigenvalue weighted by molar-refractivity contribution is 7.99. The van der Waals surface area contributed by atoms with Gasteiger partial charge in [0.25, 0.3) is 0 Å². The van der Waals surface area contributed by atoms with Gasteiger partial charge in [-0.1, -0.05) is 37.7 Å². The fraction of sp³-hybridized carbons (Fsp3) is 0.429. The van der Waals surface area contributed by atoms with Gasteiger partial charge >= 0.3 is 0 Å². The van der Waals surface area contributed by atoms with Gasteiger partial charge in [0.15, 0.2) is 10.8 Å². The van der Waals surface area contributed by atoms with Crippen LogP contribution >= 0.6 is 11.8 Å². The van der Waals surface area contributed by atoms with E-state index >= 15 is 0 Å². The Bertz CT molecular complexity index is 736. The molecule has 0 spiro atoms. The van der Waals surface area contributed by atoms with E-state index in [1.165, 1.54) is 0 Å². The van der Waals surface area contributed by atoms with Crippen molar-refractivity contribution in [2.75, 3.05) is 25.4 Å². The van der Waals surface area contributed by atoms with E-state index in [2.05, 4.69) is 39.3 Å². The van der Waals surface area contributed by atoms with Crippen LogP contribution in [0.3, 0.4) is 0 Å². The molecule has 0 aliphatic carbocycles. The predicted octanol–water partition coefficient (Wildman–Crippen LogP) is 2.11. The Balaban J connectivity index is 1.88. The highest BCUT2D eigenvalue weighted by Gasteiger charge is 2.11. The van der Waals surface area contributed by atoms with Crippen LogP contribution < -0.4 is 0 Å². The van der Waals surface area contributed by atoms with Crippen LogP contribution in [0.15, 0.2) is 29.4 Å². The molecule has 7 heteroatoms. The average Bonchev–Trinajstić information content (AvgIpc) is 3.01. The molecule has 2 heterocycles. The first-order valence-electron chi connectivity index (χ1n) is 7.15. The smallest absolute Gasteiger partial charge is 0.193 e. The van der Waals surface area contributed by atoms with E-state index in [1.807, 2.05) is 24.3 Å². The number of para-hydroxylation sites is 1. The van der Waals surface area contributed by atoms with Crippen molar-refractivity contribution in [2.45, 2.75) is 19.0 Å². The van der Waals surface area contributed by atoms with Crippen molar-refractivity contribution in [2.24, 2.45) is 0 Å². The molecule has 0 aliphatic rings. The molecule has 0 amide bonds. The predicted molar refractivity (Wildman–Crippen MR) is 84.6 cm³/mol. The van der Waals surface area contributed by atoms with Crippen LogP contribution in [0.25, 0.3) is 16.6 Å². The maximum atomic E-state index is 4.69. The minimum Gasteiger partial charge on any atom is -0.303 e. The molecule has 0 saturated heterocycles. The summed E-state index contributed by atoms with van der Waals surface area (Å²) in [5.74, 6) is 0.974. The third-order valence-electron chi connectivity index (χ3n) is 3.54.